The van der Waals surface area contributed by atoms with Crippen molar-refractivity contribution in [2.24, 2.45) is 0 Å². The van der Waals surface area contributed by atoms with Crippen LogP contribution in [0.2, 0.25) is 5.02 Å². The monoisotopic (exact) mass is 363 g/mol. The Morgan fingerprint density at radius 1 is 1.25 bits per heavy atom. The standard InChI is InChI=1S/C19H22ClNO2S/c1-5-21(19(22)24-4)17-8-6-7-16(20)15(17)12-23-18-10-9-13(2)11-14(18)3/h6-11H,5,12H2,1-4H3. The number of nitrogens with zero attached hydrogens (tertiary/aromatic N) is 1. The van der Waals surface area contributed by atoms with Gasteiger partial charge in [0.05, 0.1) is 5.69 Å². The van der Waals surface area contributed by atoms with Crippen molar-refractivity contribution < 1.29 is 9.53 Å². The molecule has 0 fully saturated rings. The van der Waals surface area contributed by atoms with E-state index in [1.54, 1.807) is 11.2 Å². The molecule has 128 valence electrons. The lowest BCUT2D eigenvalue weighted by molar-refractivity contribution is 0.265. The van der Waals surface area contributed by atoms with Crippen LogP contribution in [0.1, 0.15) is 23.6 Å². The molecule has 3 nitrogen and oxygen atoms in total. The molecule has 0 saturated heterocycles. The van der Waals surface area contributed by atoms with Crippen molar-refractivity contribution in [3.05, 3.63) is 58.1 Å². The second-order valence-corrected chi connectivity index (χ2v) is 6.67. The van der Waals surface area contributed by atoms with Crippen LogP contribution >= 0.6 is 23.4 Å². The number of anilines is 1. The van der Waals surface area contributed by atoms with Crippen LogP contribution in [0.4, 0.5) is 10.5 Å². The highest BCUT2D eigenvalue weighted by Crippen LogP contribution is 2.31. The van der Waals surface area contributed by atoms with E-state index < -0.39 is 0 Å². The fraction of sp³-hybridized carbons (Fsp3) is 0.316. The zero-order valence-electron chi connectivity index (χ0n) is 14.4. The van der Waals surface area contributed by atoms with Gasteiger partial charge in [-0.3, -0.25) is 4.79 Å². The number of hydrogen-bond donors (Lipinski definition) is 0. The molecule has 0 aliphatic carbocycles. The lowest BCUT2D eigenvalue weighted by atomic mass is 10.1. The average molecular weight is 364 g/mol. The second-order valence-electron chi connectivity index (χ2n) is 5.51. The third-order valence-corrected chi connectivity index (χ3v) is 4.72. The summed E-state index contributed by atoms with van der Waals surface area (Å²) in [4.78, 5) is 13.9. The lowest BCUT2D eigenvalue weighted by Crippen LogP contribution is -2.28. The van der Waals surface area contributed by atoms with Crippen LogP contribution in [0.5, 0.6) is 5.75 Å². The number of aryl methyl sites for hydroxylation is 2. The Bertz CT molecular complexity index is 733. The van der Waals surface area contributed by atoms with E-state index in [-0.39, 0.29) is 5.24 Å². The van der Waals surface area contributed by atoms with Gasteiger partial charge in [0.15, 0.2) is 0 Å². The molecule has 0 unspecified atom stereocenters. The third-order valence-electron chi connectivity index (χ3n) is 3.80. The fourth-order valence-electron chi connectivity index (χ4n) is 2.56. The van der Waals surface area contributed by atoms with Crippen molar-refractivity contribution in [3.8, 4) is 5.75 Å². The van der Waals surface area contributed by atoms with E-state index in [0.29, 0.717) is 18.2 Å². The first kappa shape index (κ1) is 18.7. The molecule has 0 bridgehead atoms. The van der Waals surface area contributed by atoms with Crippen LogP contribution < -0.4 is 9.64 Å². The zero-order chi connectivity index (χ0) is 17.7. The van der Waals surface area contributed by atoms with E-state index in [1.165, 1.54) is 17.3 Å². The minimum atomic E-state index is -0.00691. The topological polar surface area (TPSA) is 29.5 Å². The lowest BCUT2D eigenvalue weighted by Gasteiger charge is -2.24. The molecular formula is C19H22ClNO2S. The van der Waals surface area contributed by atoms with E-state index >= 15 is 0 Å². The Morgan fingerprint density at radius 2 is 2.00 bits per heavy atom. The Labute approximate surface area is 153 Å². The maximum atomic E-state index is 12.2. The van der Waals surface area contributed by atoms with Crippen LogP contribution in [0.25, 0.3) is 0 Å². The van der Waals surface area contributed by atoms with Crippen molar-refractivity contribution in [3.63, 3.8) is 0 Å². The largest absolute Gasteiger partial charge is 0.488 e. The van der Waals surface area contributed by atoms with Gasteiger partial charge in [0.2, 0.25) is 0 Å². The molecule has 0 radical (unpaired) electrons. The maximum Gasteiger partial charge on any atom is 0.285 e. The van der Waals surface area contributed by atoms with Gasteiger partial charge in [-0.05, 0) is 50.8 Å². The summed E-state index contributed by atoms with van der Waals surface area (Å²) in [6.07, 6.45) is 1.78. The first-order chi connectivity index (χ1) is 11.5. The molecule has 5 heteroatoms. The molecule has 0 N–H and O–H groups in total. The number of thioether (sulfide) groups is 1. The number of benzene rings is 2. The molecule has 1 amide bonds. The number of halogens is 1. The van der Waals surface area contributed by atoms with Gasteiger partial charge in [0.25, 0.3) is 5.24 Å². The van der Waals surface area contributed by atoms with E-state index in [2.05, 4.69) is 13.0 Å². The van der Waals surface area contributed by atoms with E-state index in [9.17, 15) is 4.79 Å². The normalized spacial score (nSPS) is 10.5. The second kappa shape index (κ2) is 8.45. The summed E-state index contributed by atoms with van der Waals surface area (Å²) < 4.78 is 5.98. The van der Waals surface area contributed by atoms with Crippen LogP contribution in [-0.4, -0.2) is 18.0 Å². The summed E-state index contributed by atoms with van der Waals surface area (Å²) in [7, 11) is 0. The highest BCUT2D eigenvalue weighted by molar-refractivity contribution is 8.13. The molecule has 2 aromatic carbocycles. The molecular weight excluding hydrogens is 342 g/mol. The number of carbonyl (C=O) groups is 1. The van der Waals surface area contributed by atoms with Gasteiger partial charge >= 0.3 is 0 Å². The van der Waals surface area contributed by atoms with Gasteiger partial charge in [-0.2, -0.15) is 0 Å². The molecule has 2 aromatic rings. The third kappa shape index (κ3) is 4.25. The molecule has 0 aromatic heterocycles. The maximum absolute atomic E-state index is 12.2. The Kier molecular flexibility index (Phi) is 6.58. The molecule has 0 atom stereocenters. The van der Waals surface area contributed by atoms with Gasteiger partial charge in [0.1, 0.15) is 12.4 Å². The molecule has 0 saturated carbocycles. The Balaban J connectivity index is 2.31. The van der Waals surface area contributed by atoms with Crippen molar-refractivity contribution in [2.75, 3.05) is 17.7 Å². The molecule has 24 heavy (non-hydrogen) atoms. The first-order valence-electron chi connectivity index (χ1n) is 7.80. The minimum absolute atomic E-state index is 0.00691. The van der Waals surface area contributed by atoms with Crippen LogP contribution in [0.3, 0.4) is 0 Å². The van der Waals surface area contributed by atoms with Crippen molar-refractivity contribution in [1.82, 2.24) is 0 Å². The summed E-state index contributed by atoms with van der Waals surface area (Å²) in [6, 6.07) is 11.7. The van der Waals surface area contributed by atoms with Crippen molar-refractivity contribution in [1.29, 1.82) is 0 Å². The summed E-state index contributed by atoms with van der Waals surface area (Å²) in [5.74, 6) is 0.825. The molecule has 0 aliphatic rings. The highest BCUT2D eigenvalue weighted by Gasteiger charge is 2.18. The Hall–Kier alpha value is -1.65. The minimum Gasteiger partial charge on any atom is -0.488 e. The van der Waals surface area contributed by atoms with Crippen molar-refractivity contribution >= 4 is 34.3 Å². The molecule has 0 aliphatic heterocycles. The van der Waals surface area contributed by atoms with Gasteiger partial charge in [-0.25, -0.2) is 0 Å². The number of carbonyl (C=O) groups excluding carboxylic acids is 1. The predicted molar refractivity (Wildman–Crippen MR) is 104 cm³/mol. The van der Waals surface area contributed by atoms with Crippen LogP contribution in [-0.2, 0) is 6.61 Å². The van der Waals surface area contributed by atoms with E-state index in [1.807, 2.05) is 44.2 Å². The average Bonchev–Trinajstić information content (AvgIpc) is 2.56. The Morgan fingerprint density at radius 3 is 2.62 bits per heavy atom. The molecule has 2 rings (SSSR count). The summed E-state index contributed by atoms with van der Waals surface area (Å²) in [5, 5.41) is 0.595. The first-order valence-corrected chi connectivity index (χ1v) is 9.41. The van der Waals surface area contributed by atoms with Gasteiger partial charge < -0.3 is 9.64 Å². The quantitative estimate of drug-likeness (QED) is 0.667. The summed E-state index contributed by atoms with van der Waals surface area (Å²) in [6.45, 7) is 6.92. The predicted octanol–water partition coefficient (Wildman–Crippen LogP) is 5.85. The van der Waals surface area contributed by atoms with E-state index in [4.69, 9.17) is 16.3 Å². The molecule has 0 heterocycles. The van der Waals surface area contributed by atoms with Gasteiger partial charge in [0, 0.05) is 17.1 Å². The smallest absolute Gasteiger partial charge is 0.285 e. The van der Waals surface area contributed by atoms with Crippen LogP contribution in [0, 0.1) is 13.8 Å². The van der Waals surface area contributed by atoms with Gasteiger partial charge in [-0.15, -0.1) is 0 Å². The fourth-order valence-corrected chi connectivity index (χ4v) is 3.23. The van der Waals surface area contributed by atoms with Crippen molar-refractivity contribution in [2.45, 2.75) is 27.4 Å². The summed E-state index contributed by atoms with van der Waals surface area (Å²) >= 11 is 7.57. The molecule has 0 spiro atoms. The number of amides is 1. The number of hydrogen-bond acceptors (Lipinski definition) is 3. The highest BCUT2D eigenvalue weighted by atomic mass is 35.5. The zero-order valence-corrected chi connectivity index (χ0v) is 16.0. The summed E-state index contributed by atoms with van der Waals surface area (Å²) in [5.41, 5.74) is 3.90. The van der Waals surface area contributed by atoms with Gasteiger partial charge in [-0.1, -0.05) is 47.1 Å². The number of rotatable bonds is 5. The van der Waals surface area contributed by atoms with E-state index in [0.717, 1.165) is 22.6 Å². The SMILES string of the molecule is CCN(C(=O)SC)c1cccc(Cl)c1COc1ccc(C)cc1C. The number of ether oxygens (including phenoxy) is 1. The van der Waals surface area contributed by atoms with Crippen LogP contribution in [0.15, 0.2) is 36.4 Å².